The Morgan fingerprint density at radius 2 is 1.78 bits per heavy atom. The van der Waals surface area contributed by atoms with Gasteiger partial charge in [0.15, 0.2) is 5.78 Å². The van der Waals surface area contributed by atoms with E-state index < -0.39 is 18.0 Å². The lowest BCUT2D eigenvalue weighted by molar-refractivity contribution is -0.118. The van der Waals surface area contributed by atoms with Gasteiger partial charge in [-0.1, -0.05) is 67.0 Å². The Bertz CT molecular complexity index is 947. The fourth-order valence-electron chi connectivity index (χ4n) is 3.10. The predicted molar refractivity (Wildman–Crippen MR) is 127 cm³/mol. The summed E-state index contributed by atoms with van der Waals surface area (Å²) in [5, 5.41) is 5.42. The molecule has 32 heavy (non-hydrogen) atoms. The molecule has 0 saturated heterocycles. The van der Waals surface area contributed by atoms with E-state index in [1.54, 1.807) is 19.1 Å². The molecule has 0 bridgehead atoms. The van der Waals surface area contributed by atoms with Crippen molar-refractivity contribution >= 4 is 39.4 Å². The van der Waals surface area contributed by atoms with E-state index in [0.29, 0.717) is 22.2 Å². The molecule has 2 rings (SSSR count). The topological polar surface area (TPSA) is 93.7 Å². The number of Topliss-reactive ketones (excluding diaryl/α,β-unsaturated/α-hetero) is 1. The zero-order valence-corrected chi connectivity index (χ0v) is 20.3. The van der Waals surface area contributed by atoms with Crippen molar-refractivity contribution < 1.29 is 23.9 Å². The zero-order chi connectivity index (χ0) is 23.7. The molecule has 0 aromatic heterocycles. The highest BCUT2D eigenvalue weighted by molar-refractivity contribution is 9.10. The van der Waals surface area contributed by atoms with Gasteiger partial charge in [0.05, 0.1) is 12.8 Å². The average Bonchev–Trinajstić information content (AvgIpc) is 2.77. The van der Waals surface area contributed by atoms with Crippen LogP contribution in [0, 0.1) is 5.92 Å². The van der Waals surface area contributed by atoms with Gasteiger partial charge >= 0.3 is 6.09 Å². The van der Waals surface area contributed by atoms with Crippen molar-refractivity contribution in [2.75, 3.05) is 12.4 Å². The second-order valence-electron chi connectivity index (χ2n) is 7.68. The number of ether oxygens (including phenoxy) is 2. The standard InChI is InChI=1S/C24H29BrN2O5/c1-5-20(28)18-12-17(25)13-21(31-4)22(18)27-23(29)19(11-15(2)3)26-24(30)32-14-16-9-7-6-8-10-16/h6-10,12-13,15,19H,5,11,14H2,1-4H3,(H,26,30)(H,27,29). The number of nitrogens with one attached hydrogen (secondary N) is 2. The van der Waals surface area contributed by atoms with Crippen molar-refractivity contribution in [1.29, 1.82) is 0 Å². The van der Waals surface area contributed by atoms with Gasteiger partial charge in [-0.15, -0.1) is 0 Å². The van der Waals surface area contributed by atoms with Crippen LogP contribution in [0.2, 0.25) is 0 Å². The Labute approximate surface area is 197 Å². The van der Waals surface area contributed by atoms with Gasteiger partial charge in [-0.05, 0) is 30.0 Å². The van der Waals surface area contributed by atoms with Crippen molar-refractivity contribution in [3.63, 3.8) is 0 Å². The number of carbonyl (C=O) groups excluding carboxylic acids is 3. The number of hydrogen-bond acceptors (Lipinski definition) is 5. The summed E-state index contributed by atoms with van der Waals surface area (Å²) in [7, 11) is 1.46. The van der Waals surface area contributed by atoms with Crippen LogP contribution >= 0.6 is 15.9 Å². The lowest BCUT2D eigenvalue weighted by Crippen LogP contribution is -2.45. The molecule has 1 unspecified atom stereocenters. The summed E-state index contributed by atoms with van der Waals surface area (Å²) >= 11 is 3.36. The average molecular weight is 505 g/mol. The minimum atomic E-state index is -0.851. The van der Waals surface area contributed by atoms with E-state index in [2.05, 4.69) is 26.6 Å². The number of alkyl carbamates (subject to hydrolysis) is 1. The van der Waals surface area contributed by atoms with Gasteiger partial charge in [-0.2, -0.15) is 0 Å². The molecule has 1 atom stereocenters. The Morgan fingerprint density at radius 1 is 1.09 bits per heavy atom. The minimum absolute atomic E-state index is 0.0956. The molecule has 0 spiro atoms. The minimum Gasteiger partial charge on any atom is -0.495 e. The number of rotatable bonds is 10. The first-order valence-electron chi connectivity index (χ1n) is 10.4. The lowest BCUT2D eigenvalue weighted by Gasteiger charge is -2.22. The Kier molecular flexibility index (Phi) is 9.71. The quantitative estimate of drug-likeness (QED) is 0.426. The summed E-state index contributed by atoms with van der Waals surface area (Å²) in [5.41, 5.74) is 1.46. The number of anilines is 1. The van der Waals surface area contributed by atoms with Gasteiger partial charge in [0.2, 0.25) is 5.91 Å². The van der Waals surface area contributed by atoms with Crippen LogP contribution < -0.4 is 15.4 Å². The van der Waals surface area contributed by atoms with Crippen molar-refractivity contribution in [2.24, 2.45) is 5.92 Å². The molecular formula is C24H29BrN2O5. The SMILES string of the molecule is CCC(=O)c1cc(Br)cc(OC)c1NC(=O)C(CC(C)C)NC(=O)OCc1ccccc1. The third-order valence-electron chi connectivity index (χ3n) is 4.69. The molecule has 2 aromatic carbocycles. The molecule has 0 aliphatic carbocycles. The van der Waals surface area contributed by atoms with Crippen molar-refractivity contribution in [3.05, 3.63) is 58.1 Å². The fraction of sp³-hybridized carbons (Fsp3) is 0.375. The summed E-state index contributed by atoms with van der Waals surface area (Å²) in [5.74, 6) is -0.125. The normalized spacial score (nSPS) is 11.6. The van der Waals surface area contributed by atoms with E-state index >= 15 is 0 Å². The first kappa shape index (κ1) is 25.4. The number of halogens is 1. The largest absolute Gasteiger partial charge is 0.495 e. The summed E-state index contributed by atoms with van der Waals surface area (Å²) in [6.45, 7) is 5.73. The van der Waals surface area contributed by atoms with Gasteiger partial charge < -0.3 is 20.1 Å². The molecule has 8 heteroatoms. The summed E-state index contributed by atoms with van der Waals surface area (Å²) in [6.07, 6.45) is -0.0355. The number of hydrogen-bond donors (Lipinski definition) is 2. The van der Waals surface area contributed by atoms with Crippen molar-refractivity contribution in [3.8, 4) is 5.75 Å². The highest BCUT2D eigenvalue weighted by Crippen LogP contribution is 2.33. The van der Waals surface area contributed by atoms with Gasteiger partial charge in [-0.3, -0.25) is 9.59 Å². The van der Waals surface area contributed by atoms with E-state index in [0.717, 1.165) is 5.56 Å². The lowest BCUT2D eigenvalue weighted by atomic mass is 10.0. The number of carbonyl (C=O) groups is 3. The maximum absolute atomic E-state index is 13.1. The van der Waals surface area contributed by atoms with Crippen molar-refractivity contribution in [2.45, 2.75) is 46.3 Å². The van der Waals surface area contributed by atoms with Crippen LogP contribution in [0.3, 0.4) is 0 Å². The van der Waals surface area contributed by atoms with Crippen LogP contribution in [0.5, 0.6) is 5.75 Å². The summed E-state index contributed by atoms with van der Waals surface area (Å²) in [6, 6.07) is 11.7. The molecule has 2 amide bonds. The van der Waals surface area contributed by atoms with Crippen LogP contribution in [-0.4, -0.2) is 30.9 Å². The molecular weight excluding hydrogens is 476 g/mol. The van der Waals surface area contributed by atoms with E-state index in [1.807, 2.05) is 44.2 Å². The molecule has 0 aliphatic rings. The second-order valence-corrected chi connectivity index (χ2v) is 8.60. The molecule has 2 N–H and O–H groups in total. The molecule has 172 valence electrons. The fourth-order valence-corrected chi connectivity index (χ4v) is 3.54. The third-order valence-corrected chi connectivity index (χ3v) is 5.14. The third kappa shape index (κ3) is 7.37. The summed E-state index contributed by atoms with van der Waals surface area (Å²) in [4.78, 5) is 37.9. The molecule has 0 aliphatic heterocycles. The number of amides is 2. The second kappa shape index (κ2) is 12.2. The Balaban J connectivity index is 2.19. The van der Waals surface area contributed by atoms with E-state index in [9.17, 15) is 14.4 Å². The maximum Gasteiger partial charge on any atom is 0.408 e. The van der Waals surface area contributed by atoms with Crippen molar-refractivity contribution in [1.82, 2.24) is 5.32 Å². The van der Waals surface area contributed by atoms with Gasteiger partial charge in [-0.25, -0.2) is 4.79 Å². The smallest absolute Gasteiger partial charge is 0.408 e. The molecule has 0 radical (unpaired) electrons. The van der Waals surface area contributed by atoms with Gasteiger partial charge in [0.25, 0.3) is 0 Å². The number of benzene rings is 2. The number of methoxy groups -OCH3 is 1. The van der Waals surface area contributed by atoms with E-state index in [4.69, 9.17) is 9.47 Å². The number of ketones is 1. The van der Waals surface area contributed by atoms with Crippen LogP contribution in [0.4, 0.5) is 10.5 Å². The van der Waals surface area contributed by atoms with Gasteiger partial charge in [0, 0.05) is 16.5 Å². The van der Waals surface area contributed by atoms with Gasteiger partial charge in [0.1, 0.15) is 18.4 Å². The molecule has 2 aromatic rings. The monoisotopic (exact) mass is 504 g/mol. The summed E-state index contributed by atoms with van der Waals surface area (Å²) < 4.78 is 11.3. The first-order valence-corrected chi connectivity index (χ1v) is 11.2. The van der Waals surface area contributed by atoms with E-state index in [1.165, 1.54) is 7.11 Å². The first-order chi connectivity index (χ1) is 15.2. The highest BCUT2D eigenvalue weighted by atomic mass is 79.9. The zero-order valence-electron chi connectivity index (χ0n) is 18.7. The van der Waals surface area contributed by atoms with Crippen LogP contribution in [0.1, 0.15) is 49.5 Å². The van der Waals surface area contributed by atoms with E-state index in [-0.39, 0.29) is 30.4 Å². The molecule has 0 saturated carbocycles. The highest BCUT2D eigenvalue weighted by Gasteiger charge is 2.26. The van der Waals surface area contributed by atoms with Crippen LogP contribution in [0.15, 0.2) is 46.9 Å². The van der Waals surface area contributed by atoms with Crippen LogP contribution in [-0.2, 0) is 16.1 Å². The molecule has 0 fully saturated rings. The Morgan fingerprint density at radius 3 is 2.38 bits per heavy atom. The predicted octanol–water partition coefficient (Wildman–Crippen LogP) is 5.33. The molecule has 0 heterocycles. The molecule has 7 nitrogen and oxygen atoms in total. The Hall–Kier alpha value is -2.87. The maximum atomic E-state index is 13.1. The van der Waals surface area contributed by atoms with Crippen LogP contribution in [0.25, 0.3) is 0 Å².